The molecule has 0 amide bonds. The maximum absolute atomic E-state index is 8.67. The van der Waals surface area contributed by atoms with Crippen molar-refractivity contribution >= 4 is 27.5 Å². The summed E-state index contributed by atoms with van der Waals surface area (Å²) < 4.78 is 6.55. The molecule has 6 heteroatoms. The van der Waals surface area contributed by atoms with Gasteiger partial charge in [-0.05, 0) is 47.0 Å². The van der Waals surface area contributed by atoms with Crippen LogP contribution in [0.25, 0.3) is 0 Å². The van der Waals surface area contributed by atoms with Crippen LogP contribution < -0.4 is 10.6 Å². The number of amidine groups is 1. The summed E-state index contributed by atoms with van der Waals surface area (Å²) in [7, 11) is 2.03. The van der Waals surface area contributed by atoms with Gasteiger partial charge in [0.2, 0.25) is 0 Å². The van der Waals surface area contributed by atoms with Crippen molar-refractivity contribution in [3.63, 3.8) is 0 Å². The number of hydrogen-bond donors (Lipinski definition) is 2. The fraction of sp³-hybridized carbons (Fsp3) is 0.462. The number of halogens is 1. The molecule has 1 aliphatic rings. The molecular weight excluding hydrogens is 310 g/mol. The van der Waals surface area contributed by atoms with Crippen LogP contribution in [-0.2, 0) is 4.74 Å². The van der Waals surface area contributed by atoms with Gasteiger partial charge in [-0.3, -0.25) is 0 Å². The van der Waals surface area contributed by atoms with Gasteiger partial charge < -0.3 is 20.6 Å². The topological polar surface area (TPSA) is 71.1 Å². The second kappa shape index (κ2) is 6.25. The Balaban J connectivity index is 2.11. The zero-order valence-electron chi connectivity index (χ0n) is 10.8. The number of oxime groups is 1. The molecule has 1 heterocycles. The average molecular weight is 328 g/mol. The van der Waals surface area contributed by atoms with Crippen LogP contribution in [0.2, 0.25) is 0 Å². The highest BCUT2D eigenvalue weighted by Gasteiger charge is 2.18. The number of nitrogens with two attached hydrogens (primary N) is 1. The predicted molar refractivity (Wildman–Crippen MR) is 78.9 cm³/mol. The summed E-state index contributed by atoms with van der Waals surface area (Å²) in [6.07, 6.45) is 2.56. The van der Waals surface area contributed by atoms with Gasteiger partial charge in [0.25, 0.3) is 0 Å². The Labute approximate surface area is 121 Å². The van der Waals surface area contributed by atoms with Crippen molar-refractivity contribution < 1.29 is 9.94 Å². The lowest BCUT2D eigenvalue weighted by Gasteiger charge is -2.24. The van der Waals surface area contributed by atoms with Gasteiger partial charge >= 0.3 is 0 Å². The quantitative estimate of drug-likeness (QED) is 0.385. The first kappa shape index (κ1) is 14.1. The monoisotopic (exact) mass is 327 g/mol. The van der Waals surface area contributed by atoms with Gasteiger partial charge in [0.1, 0.15) is 0 Å². The number of likely N-dealkylation sites (N-methyl/N-ethyl adjacent to an activating group) is 1. The van der Waals surface area contributed by atoms with Crippen LogP contribution in [0.1, 0.15) is 18.4 Å². The van der Waals surface area contributed by atoms with E-state index in [1.54, 1.807) is 0 Å². The summed E-state index contributed by atoms with van der Waals surface area (Å²) in [5.41, 5.74) is 7.31. The maximum Gasteiger partial charge on any atom is 0.170 e. The summed E-state index contributed by atoms with van der Waals surface area (Å²) in [5, 5.41) is 11.7. The number of nitrogens with zero attached hydrogens (tertiary/aromatic N) is 2. The van der Waals surface area contributed by atoms with Crippen LogP contribution >= 0.6 is 15.9 Å². The second-order valence-electron chi connectivity index (χ2n) is 4.67. The fourth-order valence-electron chi connectivity index (χ4n) is 2.23. The lowest BCUT2D eigenvalue weighted by Crippen LogP contribution is -2.28. The predicted octanol–water partition coefficient (Wildman–Crippen LogP) is 2.16. The second-order valence-corrected chi connectivity index (χ2v) is 5.52. The third-order valence-corrected chi connectivity index (χ3v) is 3.90. The molecule has 0 bridgehead atoms. The van der Waals surface area contributed by atoms with E-state index in [4.69, 9.17) is 15.7 Å². The van der Waals surface area contributed by atoms with E-state index in [0.717, 1.165) is 36.2 Å². The third-order valence-electron chi connectivity index (χ3n) is 3.26. The molecule has 0 radical (unpaired) electrons. The minimum absolute atomic E-state index is 0.106. The smallest absolute Gasteiger partial charge is 0.170 e. The van der Waals surface area contributed by atoms with Crippen molar-refractivity contribution in [2.45, 2.75) is 18.9 Å². The molecule has 1 aliphatic heterocycles. The Morgan fingerprint density at radius 2 is 2.42 bits per heavy atom. The Kier molecular flexibility index (Phi) is 4.66. The number of rotatable bonds is 4. The van der Waals surface area contributed by atoms with E-state index in [1.807, 2.05) is 25.2 Å². The summed E-state index contributed by atoms with van der Waals surface area (Å²) in [6, 6.07) is 5.63. The third kappa shape index (κ3) is 3.39. The zero-order chi connectivity index (χ0) is 13.8. The largest absolute Gasteiger partial charge is 0.409 e. The van der Waals surface area contributed by atoms with Crippen molar-refractivity contribution in [3.05, 3.63) is 28.2 Å². The molecule has 1 saturated heterocycles. The first-order valence-electron chi connectivity index (χ1n) is 6.22. The molecule has 1 aromatic rings. The van der Waals surface area contributed by atoms with Gasteiger partial charge in [0.15, 0.2) is 5.84 Å². The average Bonchev–Trinajstić information content (AvgIpc) is 2.90. The van der Waals surface area contributed by atoms with E-state index in [1.165, 1.54) is 0 Å². The Hall–Kier alpha value is -1.27. The maximum atomic E-state index is 8.67. The van der Waals surface area contributed by atoms with Crippen LogP contribution in [0.3, 0.4) is 0 Å². The van der Waals surface area contributed by atoms with Gasteiger partial charge in [-0.1, -0.05) is 5.16 Å². The summed E-state index contributed by atoms with van der Waals surface area (Å²) >= 11 is 3.52. The summed E-state index contributed by atoms with van der Waals surface area (Å²) in [6.45, 7) is 1.73. The van der Waals surface area contributed by atoms with E-state index >= 15 is 0 Å². The molecule has 1 fully saturated rings. The van der Waals surface area contributed by atoms with E-state index in [2.05, 4.69) is 26.0 Å². The molecule has 2 rings (SSSR count). The molecule has 1 unspecified atom stereocenters. The normalized spacial score (nSPS) is 19.7. The molecule has 3 N–H and O–H groups in total. The van der Waals surface area contributed by atoms with Gasteiger partial charge in [0, 0.05) is 30.2 Å². The molecule has 5 nitrogen and oxygen atoms in total. The van der Waals surface area contributed by atoms with E-state index in [9.17, 15) is 0 Å². The molecular formula is C13H18BrN3O2. The van der Waals surface area contributed by atoms with Gasteiger partial charge in [0.05, 0.1) is 11.8 Å². The van der Waals surface area contributed by atoms with Crippen molar-refractivity contribution in [1.29, 1.82) is 0 Å². The lowest BCUT2D eigenvalue weighted by molar-refractivity contribution is 0.116. The van der Waals surface area contributed by atoms with Crippen LogP contribution in [0.5, 0.6) is 0 Å². The minimum atomic E-state index is 0.106. The zero-order valence-corrected chi connectivity index (χ0v) is 12.4. The van der Waals surface area contributed by atoms with Gasteiger partial charge in [-0.2, -0.15) is 0 Å². The van der Waals surface area contributed by atoms with Crippen LogP contribution in [0.4, 0.5) is 5.69 Å². The number of benzene rings is 1. The van der Waals surface area contributed by atoms with Crippen molar-refractivity contribution in [2.24, 2.45) is 10.9 Å². The Morgan fingerprint density at radius 3 is 3.00 bits per heavy atom. The molecule has 19 heavy (non-hydrogen) atoms. The number of ether oxygens (including phenoxy) is 1. The van der Waals surface area contributed by atoms with E-state index in [0.29, 0.717) is 11.7 Å². The molecule has 0 aliphatic carbocycles. The van der Waals surface area contributed by atoms with Crippen LogP contribution in [0, 0.1) is 0 Å². The standard InChI is InChI=1S/C13H18BrN3O2/c1-17(8-10-3-2-6-19-10)12-5-4-9(7-11(12)14)13(15)16-18/h4-5,7,10,18H,2-3,6,8H2,1H3,(H2,15,16). The van der Waals surface area contributed by atoms with Gasteiger partial charge in [-0.15, -0.1) is 0 Å². The summed E-state index contributed by atoms with van der Waals surface area (Å²) in [5.74, 6) is 0.106. The van der Waals surface area contributed by atoms with E-state index in [-0.39, 0.29) is 5.84 Å². The van der Waals surface area contributed by atoms with Crippen molar-refractivity contribution in [3.8, 4) is 0 Å². The van der Waals surface area contributed by atoms with Crippen molar-refractivity contribution in [2.75, 3.05) is 25.1 Å². The lowest BCUT2D eigenvalue weighted by atomic mass is 10.1. The van der Waals surface area contributed by atoms with Crippen LogP contribution in [0.15, 0.2) is 27.8 Å². The molecule has 0 spiro atoms. The Bertz CT molecular complexity index is 473. The first-order valence-corrected chi connectivity index (χ1v) is 7.01. The summed E-state index contributed by atoms with van der Waals surface area (Å²) in [4.78, 5) is 2.15. The first-order chi connectivity index (χ1) is 9.11. The van der Waals surface area contributed by atoms with Crippen molar-refractivity contribution in [1.82, 2.24) is 0 Å². The molecule has 0 aromatic heterocycles. The molecule has 1 aromatic carbocycles. The SMILES string of the molecule is CN(CC1CCCO1)c1ccc(/C(N)=N/O)cc1Br. The molecule has 0 saturated carbocycles. The molecule has 1 atom stereocenters. The number of anilines is 1. The molecule has 104 valence electrons. The van der Waals surface area contributed by atoms with Crippen LogP contribution in [-0.4, -0.2) is 37.3 Å². The van der Waals surface area contributed by atoms with Gasteiger partial charge in [-0.25, -0.2) is 0 Å². The minimum Gasteiger partial charge on any atom is -0.409 e. The van der Waals surface area contributed by atoms with E-state index < -0.39 is 0 Å². The highest BCUT2D eigenvalue weighted by Crippen LogP contribution is 2.27. The highest BCUT2D eigenvalue weighted by atomic mass is 79.9. The fourth-order valence-corrected chi connectivity index (χ4v) is 2.91. The highest BCUT2D eigenvalue weighted by molar-refractivity contribution is 9.10. The Morgan fingerprint density at radius 1 is 1.63 bits per heavy atom. The number of hydrogen-bond acceptors (Lipinski definition) is 4.